The second kappa shape index (κ2) is 8.12. The van der Waals surface area contributed by atoms with Gasteiger partial charge in [0, 0.05) is 26.1 Å². The minimum atomic E-state index is 0.405. The molecule has 1 aliphatic heterocycles. The Hall–Kier alpha value is -2.12. The maximum atomic E-state index is 5.66. The molecule has 1 aromatic carbocycles. The third kappa shape index (κ3) is 4.04. The van der Waals surface area contributed by atoms with Crippen molar-refractivity contribution < 1.29 is 14.2 Å². The zero-order valence-electron chi connectivity index (χ0n) is 14.2. The molecule has 130 valence electrons. The van der Waals surface area contributed by atoms with E-state index in [9.17, 15) is 0 Å². The second-order valence-electron chi connectivity index (χ2n) is 5.80. The van der Waals surface area contributed by atoms with Crippen LogP contribution >= 0.6 is 0 Å². The molecule has 0 amide bonds. The van der Waals surface area contributed by atoms with E-state index in [4.69, 9.17) is 14.2 Å². The Labute approximate surface area is 141 Å². The lowest BCUT2D eigenvalue weighted by Gasteiger charge is -2.23. The number of methoxy groups -OCH3 is 2. The van der Waals surface area contributed by atoms with E-state index in [0.717, 1.165) is 48.8 Å². The fourth-order valence-electron chi connectivity index (χ4n) is 2.84. The summed E-state index contributed by atoms with van der Waals surface area (Å²) in [6, 6.07) is 6.42. The van der Waals surface area contributed by atoms with Gasteiger partial charge in [-0.05, 0) is 24.1 Å². The van der Waals surface area contributed by atoms with Gasteiger partial charge >= 0.3 is 0 Å². The molecule has 0 unspecified atom stereocenters. The van der Waals surface area contributed by atoms with E-state index < -0.39 is 0 Å². The van der Waals surface area contributed by atoms with Gasteiger partial charge in [0.05, 0.1) is 20.3 Å². The minimum Gasteiger partial charge on any atom is -0.493 e. The van der Waals surface area contributed by atoms with E-state index in [0.29, 0.717) is 19.3 Å². The average molecular weight is 332 g/mol. The predicted molar refractivity (Wildman–Crippen MR) is 89.3 cm³/mol. The Kier molecular flexibility index (Phi) is 5.66. The number of hydrogen-bond acceptors (Lipinski definition) is 6. The van der Waals surface area contributed by atoms with Crippen LogP contribution in [0.15, 0.2) is 24.5 Å². The van der Waals surface area contributed by atoms with Gasteiger partial charge in [-0.2, -0.15) is 5.10 Å². The summed E-state index contributed by atoms with van der Waals surface area (Å²) < 4.78 is 18.1. The summed E-state index contributed by atoms with van der Waals surface area (Å²) in [5, 5.41) is 7.84. The number of fused-ring (bicyclic) bond motifs is 1. The van der Waals surface area contributed by atoms with Crippen molar-refractivity contribution in [3.05, 3.63) is 35.9 Å². The van der Waals surface area contributed by atoms with Gasteiger partial charge in [-0.15, -0.1) is 0 Å². The molecule has 0 radical (unpaired) electrons. The van der Waals surface area contributed by atoms with Crippen LogP contribution in [0.25, 0.3) is 0 Å². The molecule has 24 heavy (non-hydrogen) atoms. The Morgan fingerprint density at radius 3 is 3.00 bits per heavy atom. The first kappa shape index (κ1) is 16.7. The predicted octanol–water partition coefficient (Wildman–Crippen LogP) is 1.42. The highest BCUT2D eigenvalue weighted by molar-refractivity contribution is 5.43. The lowest BCUT2D eigenvalue weighted by molar-refractivity contribution is 0.144. The lowest BCUT2D eigenvalue weighted by Crippen LogP contribution is -2.37. The number of rotatable bonds is 8. The molecule has 1 aliphatic rings. The van der Waals surface area contributed by atoms with Crippen molar-refractivity contribution in [1.82, 2.24) is 20.1 Å². The van der Waals surface area contributed by atoms with E-state index >= 15 is 0 Å². The number of benzene rings is 1. The number of ether oxygens (including phenoxy) is 3. The van der Waals surface area contributed by atoms with Crippen LogP contribution in [0, 0.1) is 0 Å². The van der Waals surface area contributed by atoms with Gasteiger partial charge in [0.15, 0.2) is 11.5 Å². The molecular weight excluding hydrogens is 308 g/mol. The monoisotopic (exact) mass is 332 g/mol. The van der Waals surface area contributed by atoms with Crippen LogP contribution in [0.4, 0.5) is 0 Å². The largest absolute Gasteiger partial charge is 0.493 e. The van der Waals surface area contributed by atoms with Gasteiger partial charge < -0.3 is 19.5 Å². The van der Waals surface area contributed by atoms with Crippen LogP contribution in [0.3, 0.4) is 0 Å². The molecule has 1 atom stereocenters. The quantitative estimate of drug-likeness (QED) is 0.737. The standard InChI is InChI=1S/C17H24N4O3/c1-22-7-8-24-15-5-3-13(9-16(15)23-2)10-18-14-4-6-17-19-12-20-21(17)11-14/h3,5,9,12,14,18H,4,6-8,10-11H2,1-2H3/t14-/m0/s1. The summed E-state index contributed by atoms with van der Waals surface area (Å²) in [5.41, 5.74) is 1.16. The maximum Gasteiger partial charge on any atom is 0.161 e. The summed E-state index contributed by atoms with van der Waals surface area (Å²) in [5.74, 6) is 2.56. The third-order valence-corrected chi connectivity index (χ3v) is 4.17. The van der Waals surface area contributed by atoms with Gasteiger partial charge in [-0.1, -0.05) is 6.07 Å². The first-order chi connectivity index (χ1) is 11.8. The average Bonchev–Trinajstić information content (AvgIpc) is 3.08. The molecule has 0 bridgehead atoms. The van der Waals surface area contributed by atoms with Crippen molar-refractivity contribution in [2.45, 2.75) is 32.0 Å². The smallest absolute Gasteiger partial charge is 0.161 e. The number of hydrogen-bond donors (Lipinski definition) is 1. The zero-order chi connectivity index (χ0) is 16.8. The molecule has 7 heteroatoms. The van der Waals surface area contributed by atoms with Crippen LogP contribution in [0.1, 0.15) is 17.8 Å². The van der Waals surface area contributed by atoms with Gasteiger partial charge in [-0.25, -0.2) is 9.67 Å². The van der Waals surface area contributed by atoms with Crippen LogP contribution in [-0.4, -0.2) is 48.2 Å². The minimum absolute atomic E-state index is 0.405. The van der Waals surface area contributed by atoms with Crippen LogP contribution < -0.4 is 14.8 Å². The molecular formula is C17H24N4O3. The summed E-state index contributed by atoms with van der Waals surface area (Å²) in [6.45, 7) is 2.71. The van der Waals surface area contributed by atoms with E-state index in [1.807, 2.05) is 16.8 Å². The van der Waals surface area contributed by atoms with Crippen molar-refractivity contribution in [2.75, 3.05) is 27.4 Å². The molecule has 2 heterocycles. The molecule has 0 saturated heterocycles. The topological polar surface area (TPSA) is 70.4 Å². The van der Waals surface area contributed by atoms with E-state index in [2.05, 4.69) is 21.5 Å². The molecule has 1 aromatic heterocycles. The molecule has 0 spiro atoms. The van der Waals surface area contributed by atoms with Gasteiger partial charge in [0.25, 0.3) is 0 Å². The van der Waals surface area contributed by atoms with Crippen LogP contribution in [0.2, 0.25) is 0 Å². The molecule has 3 rings (SSSR count). The van der Waals surface area contributed by atoms with Crippen molar-refractivity contribution in [2.24, 2.45) is 0 Å². The Morgan fingerprint density at radius 1 is 1.25 bits per heavy atom. The van der Waals surface area contributed by atoms with E-state index in [1.54, 1.807) is 20.5 Å². The van der Waals surface area contributed by atoms with E-state index in [1.165, 1.54) is 0 Å². The van der Waals surface area contributed by atoms with Gasteiger partial charge in [0.1, 0.15) is 18.8 Å². The van der Waals surface area contributed by atoms with Crippen LogP contribution in [0.5, 0.6) is 11.5 Å². The number of nitrogens with zero attached hydrogens (tertiary/aromatic N) is 3. The summed E-state index contributed by atoms with van der Waals surface area (Å²) in [4.78, 5) is 4.26. The highest BCUT2D eigenvalue weighted by atomic mass is 16.5. The SMILES string of the molecule is COCCOc1ccc(CN[C@H]2CCc3ncnn3C2)cc1OC. The molecule has 0 fully saturated rings. The van der Waals surface area contributed by atoms with Crippen molar-refractivity contribution in [3.63, 3.8) is 0 Å². The Bertz CT molecular complexity index is 659. The number of aromatic nitrogens is 3. The number of aryl methyl sites for hydroxylation is 1. The molecule has 0 aliphatic carbocycles. The fraction of sp³-hybridized carbons (Fsp3) is 0.529. The second-order valence-corrected chi connectivity index (χ2v) is 5.80. The zero-order valence-corrected chi connectivity index (χ0v) is 14.2. The van der Waals surface area contributed by atoms with E-state index in [-0.39, 0.29) is 0 Å². The highest BCUT2D eigenvalue weighted by Gasteiger charge is 2.19. The summed E-state index contributed by atoms with van der Waals surface area (Å²) in [7, 11) is 3.31. The third-order valence-electron chi connectivity index (χ3n) is 4.17. The number of nitrogens with one attached hydrogen (secondary N) is 1. The highest BCUT2D eigenvalue weighted by Crippen LogP contribution is 2.28. The molecule has 1 N–H and O–H groups in total. The fourth-order valence-corrected chi connectivity index (χ4v) is 2.84. The lowest BCUT2D eigenvalue weighted by atomic mass is 10.1. The van der Waals surface area contributed by atoms with Gasteiger partial charge in [0.2, 0.25) is 0 Å². The van der Waals surface area contributed by atoms with Gasteiger partial charge in [-0.3, -0.25) is 0 Å². The molecule has 0 saturated carbocycles. The summed E-state index contributed by atoms with van der Waals surface area (Å²) >= 11 is 0. The first-order valence-electron chi connectivity index (χ1n) is 8.19. The van der Waals surface area contributed by atoms with Crippen molar-refractivity contribution in [1.29, 1.82) is 0 Å². The van der Waals surface area contributed by atoms with Crippen molar-refractivity contribution >= 4 is 0 Å². The summed E-state index contributed by atoms with van der Waals surface area (Å²) in [6.07, 6.45) is 3.67. The van der Waals surface area contributed by atoms with Crippen molar-refractivity contribution in [3.8, 4) is 11.5 Å². The normalized spacial score (nSPS) is 16.7. The van der Waals surface area contributed by atoms with Crippen LogP contribution in [-0.2, 0) is 24.2 Å². The molecule has 2 aromatic rings. The maximum absolute atomic E-state index is 5.66. The Balaban J connectivity index is 1.55. The first-order valence-corrected chi connectivity index (χ1v) is 8.19. The molecule has 7 nitrogen and oxygen atoms in total. The Morgan fingerprint density at radius 2 is 2.17 bits per heavy atom.